The molecule has 0 saturated heterocycles. The first-order valence-electron chi connectivity index (χ1n) is 7.16. The van der Waals surface area contributed by atoms with Crippen LogP contribution in [0.3, 0.4) is 0 Å². The van der Waals surface area contributed by atoms with E-state index in [0.29, 0.717) is 5.92 Å². The van der Waals surface area contributed by atoms with E-state index in [9.17, 15) is 0 Å². The lowest BCUT2D eigenvalue weighted by Crippen LogP contribution is -2.19. The SMILES string of the molecule is CC(C)c1ccc2c(c1)CCN2Cc1ccccc1. The molecule has 1 nitrogen and oxygen atoms in total. The minimum Gasteiger partial charge on any atom is -0.367 e. The Kier molecular flexibility index (Phi) is 3.29. The van der Waals surface area contributed by atoms with Gasteiger partial charge in [-0.2, -0.15) is 0 Å². The van der Waals surface area contributed by atoms with Gasteiger partial charge in [0.25, 0.3) is 0 Å². The molecule has 1 aliphatic heterocycles. The summed E-state index contributed by atoms with van der Waals surface area (Å²) in [4.78, 5) is 2.49. The van der Waals surface area contributed by atoms with Gasteiger partial charge in [-0.3, -0.25) is 0 Å². The average Bonchev–Trinajstić information content (AvgIpc) is 2.82. The zero-order chi connectivity index (χ0) is 13.2. The number of benzene rings is 2. The third-order valence-electron chi connectivity index (χ3n) is 3.98. The second-order valence-electron chi connectivity index (χ2n) is 5.70. The molecule has 0 atom stereocenters. The fourth-order valence-electron chi connectivity index (χ4n) is 2.82. The summed E-state index contributed by atoms with van der Waals surface area (Å²) in [6.07, 6.45) is 1.18. The van der Waals surface area contributed by atoms with E-state index in [1.165, 1.54) is 28.8 Å². The van der Waals surface area contributed by atoms with Crippen molar-refractivity contribution in [2.45, 2.75) is 32.7 Å². The molecule has 0 radical (unpaired) electrons. The minimum atomic E-state index is 0.619. The Bertz CT molecular complexity index is 557. The summed E-state index contributed by atoms with van der Waals surface area (Å²) >= 11 is 0. The third kappa shape index (κ3) is 2.51. The Morgan fingerprint density at radius 1 is 1.05 bits per heavy atom. The first-order valence-corrected chi connectivity index (χ1v) is 7.16. The highest BCUT2D eigenvalue weighted by Crippen LogP contribution is 2.31. The van der Waals surface area contributed by atoms with Gasteiger partial charge in [0.2, 0.25) is 0 Å². The molecule has 19 heavy (non-hydrogen) atoms. The predicted octanol–water partition coefficient (Wildman–Crippen LogP) is 4.37. The summed E-state index contributed by atoms with van der Waals surface area (Å²) in [6.45, 7) is 6.69. The van der Waals surface area contributed by atoms with Gasteiger partial charge < -0.3 is 4.90 Å². The van der Waals surface area contributed by atoms with Crippen LogP contribution in [0.2, 0.25) is 0 Å². The molecular formula is C18H21N. The summed E-state index contributed by atoms with van der Waals surface area (Å²) in [5.74, 6) is 0.619. The van der Waals surface area contributed by atoms with Gasteiger partial charge >= 0.3 is 0 Å². The highest BCUT2D eigenvalue weighted by Gasteiger charge is 2.19. The van der Waals surface area contributed by atoms with E-state index < -0.39 is 0 Å². The molecule has 1 heteroatoms. The van der Waals surface area contributed by atoms with Gasteiger partial charge in [-0.15, -0.1) is 0 Å². The van der Waals surface area contributed by atoms with E-state index in [4.69, 9.17) is 0 Å². The molecule has 0 spiro atoms. The largest absolute Gasteiger partial charge is 0.367 e. The van der Waals surface area contributed by atoms with Crippen molar-refractivity contribution in [2.24, 2.45) is 0 Å². The van der Waals surface area contributed by atoms with Crippen molar-refractivity contribution in [1.29, 1.82) is 0 Å². The summed E-state index contributed by atoms with van der Waals surface area (Å²) in [5.41, 5.74) is 5.79. The molecule has 98 valence electrons. The summed E-state index contributed by atoms with van der Waals surface area (Å²) in [6, 6.07) is 17.7. The lowest BCUT2D eigenvalue weighted by molar-refractivity contribution is 0.836. The average molecular weight is 251 g/mol. The standard InChI is InChI=1S/C18H21N/c1-14(2)16-8-9-18-17(12-16)10-11-19(18)13-15-6-4-3-5-7-15/h3-9,12,14H,10-11,13H2,1-2H3. The first kappa shape index (κ1) is 12.3. The van der Waals surface area contributed by atoms with E-state index in [0.717, 1.165) is 13.1 Å². The van der Waals surface area contributed by atoms with Crippen LogP contribution in [-0.4, -0.2) is 6.54 Å². The maximum atomic E-state index is 2.49. The number of anilines is 1. The quantitative estimate of drug-likeness (QED) is 0.783. The van der Waals surface area contributed by atoms with Gasteiger partial charge in [0.1, 0.15) is 0 Å². The number of rotatable bonds is 3. The molecule has 0 fully saturated rings. The Morgan fingerprint density at radius 2 is 1.84 bits per heavy atom. The Labute approximate surface area is 115 Å². The molecule has 2 aromatic carbocycles. The number of hydrogen-bond acceptors (Lipinski definition) is 1. The minimum absolute atomic E-state index is 0.619. The van der Waals surface area contributed by atoms with Gasteiger partial charge in [0.05, 0.1) is 0 Å². The number of hydrogen-bond donors (Lipinski definition) is 0. The van der Waals surface area contributed by atoms with E-state index in [1.807, 2.05) is 0 Å². The van der Waals surface area contributed by atoms with Crippen LogP contribution in [0.4, 0.5) is 5.69 Å². The molecule has 3 rings (SSSR count). The maximum absolute atomic E-state index is 2.49. The van der Waals surface area contributed by atoms with Crippen LogP contribution in [0.5, 0.6) is 0 Å². The molecule has 0 aromatic heterocycles. The van der Waals surface area contributed by atoms with E-state index in [2.05, 4.69) is 67.3 Å². The van der Waals surface area contributed by atoms with Gasteiger partial charge in [0.15, 0.2) is 0 Å². The van der Waals surface area contributed by atoms with Crippen LogP contribution in [0.1, 0.15) is 36.5 Å². The molecule has 0 amide bonds. The highest BCUT2D eigenvalue weighted by molar-refractivity contribution is 5.59. The topological polar surface area (TPSA) is 3.24 Å². The maximum Gasteiger partial charge on any atom is 0.0429 e. The molecular weight excluding hydrogens is 230 g/mol. The summed E-state index contributed by atoms with van der Waals surface area (Å²) in [5, 5.41) is 0. The Hall–Kier alpha value is -1.76. The zero-order valence-corrected chi connectivity index (χ0v) is 11.8. The van der Waals surface area contributed by atoms with Crippen molar-refractivity contribution < 1.29 is 0 Å². The van der Waals surface area contributed by atoms with Crippen molar-refractivity contribution >= 4 is 5.69 Å². The summed E-state index contributed by atoms with van der Waals surface area (Å²) < 4.78 is 0. The van der Waals surface area contributed by atoms with Crippen LogP contribution >= 0.6 is 0 Å². The van der Waals surface area contributed by atoms with Crippen molar-refractivity contribution in [1.82, 2.24) is 0 Å². The Balaban J connectivity index is 1.83. The van der Waals surface area contributed by atoms with E-state index in [1.54, 1.807) is 0 Å². The van der Waals surface area contributed by atoms with Crippen LogP contribution in [0, 0.1) is 0 Å². The Morgan fingerprint density at radius 3 is 2.58 bits per heavy atom. The molecule has 2 aromatic rings. The van der Waals surface area contributed by atoms with Crippen LogP contribution in [0.25, 0.3) is 0 Å². The smallest absolute Gasteiger partial charge is 0.0429 e. The second kappa shape index (κ2) is 5.08. The fraction of sp³-hybridized carbons (Fsp3) is 0.333. The first-order chi connectivity index (χ1) is 9.24. The normalized spacial score (nSPS) is 13.9. The molecule has 0 saturated carbocycles. The predicted molar refractivity (Wildman–Crippen MR) is 81.7 cm³/mol. The molecule has 0 unspecified atom stereocenters. The van der Waals surface area contributed by atoms with Crippen LogP contribution < -0.4 is 4.90 Å². The molecule has 0 aliphatic carbocycles. The number of nitrogens with zero attached hydrogens (tertiary/aromatic N) is 1. The zero-order valence-electron chi connectivity index (χ0n) is 11.8. The second-order valence-corrected chi connectivity index (χ2v) is 5.70. The van der Waals surface area contributed by atoms with Gasteiger partial charge in [0, 0.05) is 18.8 Å². The molecule has 0 N–H and O–H groups in total. The van der Waals surface area contributed by atoms with Gasteiger partial charge in [-0.05, 0) is 35.1 Å². The van der Waals surface area contributed by atoms with Gasteiger partial charge in [-0.1, -0.05) is 56.3 Å². The molecule has 1 aliphatic rings. The molecule has 0 bridgehead atoms. The van der Waals surface area contributed by atoms with Crippen molar-refractivity contribution in [3.05, 3.63) is 65.2 Å². The van der Waals surface area contributed by atoms with Crippen LogP contribution in [-0.2, 0) is 13.0 Å². The molecule has 1 heterocycles. The van der Waals surface area contributed by atoms with E-state index in [-0.39, 0.29) is 0 Å². The monoisotopic (exact) mass is 251 g/mol. The van der Waals surface area contributed by atoms with Crippen molar-refractivity contribution in [3.63, 3.8) is 0 Å². The van der Waals surface area contributed by atoms with Gasteiger partial charge in [-0.25, -0.2) is 0 Å². The highest BCUT2D eigenvalue weighted by atomic mass is 15.1. The number of fused-ring (bicyclic) bond motifs is 1. The fourth-order valence-corrected chi connectivity index (χ4v) is 2.82. The third-order valence-corrected chi connectivity index (χ3v) is 3.98. The lowest BCUT2D eigenvalue weighted by atomic mass is 10.00. The summed E-state index contributed by atoms with van der Waals surface area (Å²) in [7, 11) is 0. The lowest BCUT2D eigenvalue weighted by Gasteiger charge is -2.20. The van der Waals surface area contributed by atoms with E-state index >= 15 is 0 Å². The van der Waals surface area contributed by atoms with Crippen molar-refractivity contribution in [2.75, 3.05) is 11.4 Å². The van der Waals surface area contributed by atoms with Crippen molar-refractivity contribution in [3.8, 4) is 0 Å². The van der Waals surface area contributed by atoms with Crippen LogP contribution in [0.15, 0.2) is 48.5 Å².